The summed E-state index contributed by atoms with van der Waals surface area (Å²) >= 11 is 0. The zero-order valence-corrected chi connectivity index (χ0v) is 16.4. The van der Waals surface area contributed by atoms with E-state index in [4.69, 9.17) is 15.2 Å². The molecule has 0 spiro atoms. The molecule has 6 nitrogen and oxygen atoms in total. The van der Waals surface area contributed by atoms with Gasteiger partial charge in [0.15, 0.2) is 0 Å². The van der Waals surface area contributed by atoms with E-state index in [9.17, 15) is 4.79 Å². The molecule has 0 aliphatic carbocycles. The van der Waals surface area contributed by atoms with Gasteiger partial charge in [-0.2, -0.15) is 0 Å². The highest BCUT2D eigenvalue weighted by molar-refractivity contribution is 6.08. The first kappa shape index (κ1) is 19.6. The molecule has 0 aliphatic heterocycles. The van der Waals surface area contributed by atoms with Gasteiger partial charge in [-0.05, 0) is 37.6 Å². The lowest BCUT2D eigenvalue weighted by Crippen LogP contribution is -2.14. The van der Waals surface area contributed by atoms with Gasteiger partial charge < -0.3 is 20.5 Å². The second kappa shape index (κ2) is 8.71. The van der Waals surface area contributed by atoms with Crippen LogP contribution in [0.2, 0.25) is 0 Å². The van der Waals surface area contributed by atoms with E-state index < -0.39 is 5.91 Å². The van der Waals surface area contributed by atoms with E-state index in [2.05, 4.69) is 17.2 Å². The van der Waals surface area contributed by atoms with Crippen LogP contribution in [-0.2, 0) is 11.3 Å². The van der Waals surface area contributed by atoms with Crippen LogP contribution in [0, 0.1) is 0 Å². The minimum atomic E-state index is -0.497. The molecule has 1 heterocycles. The summed E-state index contributed by atoms with van der Waals surface area (Å²) in [6, 6.07) is 13.5. The summed E-state index contributed by atoms with van der Waals surface area (Å²) in [4.78, 5) is 16.2. The van der Waals surface area contributed by atoms with Crippen molar-refractivity contribution in [1.29, 1.82) is 0 Å². The van der Waals surface area contributed by atoms with Gasteiger partial charge in [0, 0.05) is 30.3 Å². The van der Waals surface area contributed by atoms with Crippen LogP contribution in [0.3, 0.4) is 0 Å². The Morgan fingerprint density at radius 2 is 1.96 bits per heavy atom. The Bertz CT molecular complexity index is 971. The molecule has 0 saturated carbocycles. The summed E-state index contributed by atoms with van der Waals surface area (Å²) in [5, 5.41) is 4.40. The second-order valence-corrected chi connectivity index (χ2v) is 6.53. The average Bonchev–Trinajstić information content (AvgIpc) is 2.70. The number of fused-ring (bicyclic) bond motifs is 1. The number of nitrogens with zero attached hydrogens (tertiary/aromatic N) is 1. The number of nitrogens with one attached hydrogen (secondary N) is 1. The third-order valence-corrected chi connectivity index (χ3v) is 4.59. The van der Waals surface area contributed by atoms with Crippen LogP contribution < -0.4 is 15.8 Å². The Balaban J connectivity index is 2.01. The van der Waals surface area contributed by atoms with Gasteiger partial charge in [0.2, 0.25) is 0 Å². The number of anilines is 1. The van der Waals surface area contributed by atoms with Crippen molar-refractivity contribution in [2.75, 3.05) is 19.0 Å². The molecular formula is C22H25N3O3. The van der Waals surface area contributed by atoms with E-state index in [0.717, 1.165) is 28.0 Å². The number of para-hydroxylation sites is 1. The van der Waals surface area contributed by atoms with Gasteiger partial charge in [-0.3, -0.25) is 9.78 Å². The maximum absolute atomic E-state index is 11.8. The Morgan fingerprint density at radius 3 is 2.61 bits per heavy atom. The number of benzene rings is 2. The van der Waals surface area contributed by atoms with Crippen molar-refractivity contribution in [2.45, 2.75) is 26.5 Å². The van der Waals surface area contributed by atoms with Crippen molar-refractivity contribution in [1.82, 2.24) is 4.98 Å². The monoisotopic (exact) mass is 379 g/mol. The zero-order valence-electron chi connectivity index (χ0n) is 16.4. The maximum atomic E-state index is 11.8. The predicted octanol–water partition coefficient (Wildman–Crippen LogP) is 4.05. The van der Waals surface area contributed by atoms with Crippen molar-refractivity contribution in [3.8, 4) is 5.75 Å². The van der Waals surface area contributed by atoms with Crippen LogP contribution in [-0.4, -0.2) is 24.6 Å². The number of nitrogens with two attached hydrogens (primary N) is 1. The van der Waals surface area contributed by atoms with E-state index in [0.29, 0.717) is 24.3 Å². The summed E-state index contributed by atoms with van der Waals surface area (Å²) in [7, 11) is 1.64. The minimum absolute atomic E-state index is 0.0223. The highest BCUT2D eigenvalue weighted by Gasteiger charge is 2.16. The number of methoxy groups -OCH3 is 1. The lowest BCUT2D eigenvalue weighted by molar-refractivity contribution is 0.100. The van der Waals surface area contributed by atoms with Crippen LogP contribution in [0.15, 0.2) is 48.7 Å². The highest BCUT2D eigenvalue weighted by atomic mass is 16.5. The molecule has 0 aliphatic rings. The Kier molecular flexibility index (Phi) is 6.11. The van der Waals surface area contributed by atoms with E-state index in [1.807, 2.05) is 43.3 Å². The fourth-order valence-electron chi connectivity index (χ4n) is 3.22. The number of aromatic nitrogens is 1. The molecule has 0 fully saturated rings. The summed E-state index contributed by atoms with van der Waals surface area (Å²) in [6.45, 7) is 5.08. The standard InChI is InChI=1S/C22H25N3O3/c1-4-28-17-10-8-15(9-11-17)14(2)25-20-16(13-27-3)12-24-21-18(20)6-5-7-19(21)22(23)26/h5-12,14H,4,13H2,1-3H3,(H2,23,26)(H,24,25)/t14-/m1/s1. The number of primary amides is 1. The number of ether oxygens (including phenoxy) is 2. The number of amides is 1. The first-order valence-corrected chi connectivity index (χ1v) is 9.23. The van der Waals surface area contributed by atoms with Gasteiger partial charge in [0.05, 0.1) is 30.0 Å². The number of carbonyl (C=O) groups is 1. The SMILES string of the molecule is CCOc1ccc([C@@H](C)Nc2c(COC)cnc3c(C(N)=O)cccc23)cc1. The molecule has 3 N–H and O–H groups in total. The van der Waals surface area contributed by atoms with Gasteiger partial charge in [-0.15, -0.1) is 0 Å². The fourth-order valence-corrected chi connectivity index (χ4v) is 3.22. The summed E-state index contributed by atoms with van der Waals surface area (Å²) in [6.07, 6.45) is 1.73. The number of pyridine rings is 1. The number of hydrogen-bond donors (Lipinski definition) is 2. The number of rotatable bonds is 8. The molecule has 28 heavy (non-hydrogen) atoms. The first-order valence-electron chi connectivity index (χ1n) is 9.23. The van der Waals surface area contributed by atoms with Crippen LogP contribution in [0.25, 0.3) is 10.9 Å². The van der Waals surface area contributed by atoms with E-state index >= 15 is 0 Å². The molecule has 0 bridgehead atoms. The van der Waals surface area contributed by atoms with E-state index in [-0.39, 0.29) is 6.04 Å². The molecule has 0 radical (unpaired) electrons. The first-order chi connectivity index (χ1) is 13.5. The van der Waals surface area contributed by atoms with Gasteiger partial charge in [0.1, 0.15) is 5.75 Å². The van der Waals surface area contributed by atoms with Crippen molar-refractivity contribution in [2.24, 2.45) is 5.73 Å². The van der Waals surface area contributed by atoms with Gasteiger partial charge >= 0.3 is 0 Å². The van der Waals surface area contributed by atoms with Crippen LogP contribution in [0.4, 0.5) is 5.69 Å². The van der Waals surface area contributed by atoms with Crippen LogP contribution in [0.5, 0.6) is 5.75 Å². The number of hydrogen-bond acceptors (Lipinski definition) is 5. The fraction of sp³-hybridized carbons (Fsp3) is 0.273. The lowest BCUT2D eigenvalue weighted by Gasteiger charge is -2.21. The molecule has 2 aromatic carbocycles. The molecule has 0 unspecified atom stereocenters. The van der Waals surface area contributed by atoms with Crippen LogP contribution >= 0.6 is 0 Å². The summed E-state index contributed by atoms with van der Waals surface area (Å²) in [5.74, 6) is 0.349. The molecule has 146 valence electrons. The third-order valence-electron chi connectivity index (χ3n) is 4.59. The molecular weight excluding hydrogens is 354 g/mol. The topological polar surface area (TPSA) is 86.5 Å². The lowest BCUT2D eigenvalue weighted by atomic mass is 10.0. The molecule has 6 heteroatoms. The molecule has 3 aromatic rings. The van der Waals surface area contributed by atoms with E-state index in [1.165, 1.54) is 0 Å². The Labute approximate surface area is 164 Å². The number of carbonyl (C=O) groups excluding carboxylic acids is 1. The smallest absolute Gasteiger partial charge is 0.250 e. The van der Waals surface area contributed by atoms with Crippen molar-refractivity contribution >= 4 is 22.5 Å². The summed E-state index contributed by atoms with van der Waals surface area (Å²) in [5.41, 5.74) is 9.41. The molecule has 3 rings (SSSR count). The van der Waals surface area contributed by atoms with Gasteiger partial charge in [-0.1, -0.05) is 24.3 Å². The van der Waals surface area contributed by atoms with Crippen LogP contribution in [0.1, 0.15) is 41.4 Å². The minimum Gasteiger partial charge on any atom is -0.494 e. The van der Waals surface area contributed by atoms with Gasteiger partial charge in [0.25, 0.3) is 5.91 Å². The summed E-state index contributed by atoms with van der Waals surface area (Å²) < 4.78 is 10.9. The largest absolute Gasteiger partial charge is 0.494 e. The van der Waals surface area contributed by atoms with Gasteiger partial charge in [-0.25, -0.2) is 0 Å². The molecule has 1 amide bonds. The highest BCUT2D eigenvalue weighted by Crippen LogP contribution is 2.32. The Hall–Kier alpha value is -3.12. The molecule has 1 aromatic heterocycles. The third kappa shape index (κ3) is 4.07. The Morgan fingerprint density at radius 1 is 1.21 bits per heavy atom. The normalized spacial score (nSPS) is 12.0. The predicted molar refractivity (Wildman–Crippen MR) is 111 cm³/mol. The van der Waals surface area contributed by atoms with Crippen molar-refractivity contribution in [3.63, 3.8) is 0 Å². The average molecular weight is 379 g/mol. The second-order valence-electron chi connectivity index (χ2n) is 6.53. The maximum Gasteiger partial charge on any atom is 0.250 e. The molecule has 0 saturated heterocycles. The van der Waals surface area contributed by atoms with Crippen molar-refractivity contribution < 1.29 is 14.3 Å². The zero-order chi connectivity index (χ0) is 20.1. The quantitative estimate of drug-likeness (QED) is 0.616. The van der Waals surface area contributed by atoms with E-state index in [1.54, 1.807) is 19.4 Å². The van der Waals surface area contributed by atoms with Crippen molar-refractivity contribution in [3.05, 3.63) is 65.4 Å². The molecule has 1 atom stereocenters.